The standard InChI is InChI=1S/C43H70O23/c1-58-25-10-17(2-8-22(25)48)3-9-30(49)59-16-29-33(52)35(54)38(57)42(65-29)66-40-36(55)32(51)28(15-45)64-43(40)62-26-13-21-23(60-39(26)18-4-6-19(46)7-5-18)11-20(47)12-24(21)61-41-37(56)34(53)31(50)27(14-44)63-41/h3,9,17-29,31-48,50-57H,2,4-8,10-16H2,1H3/p+1/t17?,18?,19?,20?,21?,22?,23?,24?,25?,26?,27-,28-,29-,31-,32-,33-,34+,35+,36+,37-,38+,39?,40-,41-,42+,43-/m0/s1. The molecule has 0 bridgehead atoms. The van der Waals surface area contributed by atoms with E-state index in [-0.39, 0.29) is 37.2 Å². The van der Waals surface area contributed by atoms with Gasteiger partial charge in [0.15, 0.2) is 31.1 Å². The van der Waals surface area contributed by atoms with E-state index in [9.17, 15) is 71.2 Å². The number of aliphatic hydroxyl groups excluding tert-OH is 13. The molecule has 3 aliphatic carbocycles. The lowest BCUT2D eigenvalue weighted by molar-refractivity contribution is -0.389. The van der Waals surface area contributed by atoms with Crippen LogP contribution in [-0.4, -0.2) is 245 Å². The van der Waals surface area contributed by atoms with Crippen molar-refractivity contribution in [2.75, 3.05) is 26.9 Å². The molecule has 0 spiro atoms. The van der Waals surface area contributed by atoms with Crippen molar-refractivity contribution in [3.05, 3.63) is 12.2 Å². The summed E-state index contributed by atoms with van der Waals surface area (Å²) in [6.45, 7) is -2.07. The number of esters is 1. The van der Waals surface area contributed by atoms with Crippen LogP contribution < -0.4 is 0 Å². The van der Waals surface area contributed by atoms with Gasteiger partial charge in [0.2, 0.25) is 0 Å². The van der Waals surface area contributed by atoms with Gasteiger partial charge in [-0.25, -0.2) is 4.79 Å². The number of allylic oxidation sites excluding steroid dienone is 1. The number of ether oxygens (including phenoxy) is 9. The molecule has 7 aliphatic rings. The van der Waals surface area contributed by atoms with Gasteiger partial charge in [0.1, 0.15) is 86.0 Å². The highest BCUT2D eigenvalue weighted by molar-refractivity contribution is 5.81. The maximum atomic E-state index is 12.7. The smallest absolute Gasteiger partial charge is 0.330 e. The number of rotatable bonds is 14. The molecule has 380 valence electrons. The zero-order chi connectivity index (χ0) is 47.6. The van der Waals surface area contributed by atoms with Crippen LogP contribution in [0.3, 0.4) is 0 Å². The first-order valence-corrected chi connectivity index (χ1v) is 23.2. The van der Waals surface area contributed by atoms with Gasteiger partial charge in [0.25, 0.3) is 0 Å². The highest BCUT2D eigenvalue weighted by Gasteiger charge is 2.57. The van der Waals surface area contributed by atoms with Gasteiger partial charge in [0, 0.05) is 31.9 Å². The molecule has 3 saturated carbocycles. The van der Waals surface area contributed by atoms with E-state index in [0.717, 1.165) is 0 Å². The molecule has 4 heterocycles. The summed E-state index contributed by atoms with van der Waals surface area (Å²) >= 11 is 0. The predicted molar refractivity (Wildman–Crippen MR) is 218 cm³/mol. The second-order valence-corrected chi connectivity index (χ2v) is 19.1. The van der Waals surface area contributed by atoms with Gasteiger partial charge < -0.3 is 109 Å². The molecule has 23 heteroatoms. The van der Waals surface area contributed by atoms with Crippen molar-refractivity contribution >= 4 is 5.97 Å². The quantitative estimate of drug-likeness (QED) is 0.0439. The Morgan fingerprint density at radius 2 is 1.18 bits per heavy atom. The van der Waals surface area contributed by atoms with Gasteiger partial charge in [-0.15, -0.1) is 0 Å². The molecule has 0 radical (unpaired) electrons. The van der Waals surface area contributed by atoms with Crippen molar-refractivity contribution in [1.82, 2.24) is 0 Å². The first kappa shape index (κ1) is 52.2. The minimum absolute atomic E-state index is 0.0417. The van der Waals surface area contributed by atoms with E-state index in [4.69, 9.17) is 42.6 Å². The van der Waals surface area contributed by atoms with Crippen LogP contribution in [0.15, 0.2) is 12.2 Å². The number of hydrogen-bond acceptors (Lipinski definition) is 22. The van der Waals surface area contributed by atoms with E-state index in [1.165, 1.54) is 13.2 Å². The second kappa shape index (κ2) is 23.1. The summed E-state index contributed by atoms with van der Waals surface area (Å²) in [4.78, 5) is 12.7. The minimum atomic E-state index is -1.95. The lowest BCUT2D eigenvalue weighted by Gasteiger charge is -2.50. The molecule has 24 atom stereocenters. The third kappa shape index (κ3) is 11.8. The minimum Gasteiger partial charge on any atom is -0.460 e. The van der Waals surface area contributed by atoms with Crippen LogP contribution in [0, 0.1) is 17.8 Å². The first-order chi connectivity index (χ1) is 31.5. The summed E-state index contributed by atoms with van der Waals surface area (Å²) < 4.78 is 52.3. The summed E-state index contributed by atoms with van der Waals surface area (Å²) in [5.41, 5.74) is 0. The van der Waals surface area contributed by atoms with Crippen LogP contribution in [0.5, 0.6) is 0 Å². The normalized spacial score (nSPS) is 50.5. The third-order valence-corrected chi connectivity index (χ3v) is 14.7. The molecule has 7 rings (SSSR count). The van der Waals surface area contributed by atoms with Gasteiger partial charge in [-0.3, -0.25) is 0 Å². The Labute approximate surface area is 381 Å². The van der Waals surface area contributed by atoms with Crippen molar-refractivity contribution in [2.45, 2.75) is 205 Å². The van der Waals surface area contributed by atoms with E-state index >= 15 is 0 Å². The van der Waals surface area contributed by atoms with Crippen molar-refractivity contribution < 1.29 is 114 Å². The summed E-state index contributed by atoms with van der Waals surface area (Å²) in [5.74, 6) is -1.57. The van der Waals surface area contributed by atoms with Crippen LogP contribution in [-0.2, 0) is 42.7 Å². The Hall–Kier alpha value is -1.63. The number of methoxy groups -OCH3 is 1. The summed E-state index contributed by atoms with van der Waals surface area (Å²) in [5, 5.41) is 139. The molecule has 66 heavy (non-hydrogen) atoms. The van der Waals surface area contributed by atoms with E-state index in [0.29, 0.717) is 44.9 Å². The Morgan fingerprint density at radius 3 is 1.83 bits per heavy atom. The zero-order valence-corrected chi connectivity index (χ0v) is 36.8. The topological polar surface area (TPSA) is 367 Å². The summed E-state index contributed by atoms with van der Waals surface area (Å²) in [6, 6.07) is 0. The zero-order valence-electron chi connectivity index (χ0n) is 36.8. The molecular formula is C43H71O23+. The monoisotopic (exact) mass is 955 g/mol. The third-order valence-electron chi connectivity index (χ3n) is 14.7. The molecule has 4 aliphatic heterocycles. The number of aliphatic hydroxyl groups is 15. The highest BCUT2D eigenvalue weighted by Crippen LogP contribution is 2.44. The van der Waals surface area contributed by atoms with Gasteiger partial charge in [-0.2, -0.15) is 0 Å². The Kier molecular flexibility index (Phi) is 18.2. The Bertz CT molecular complexity index is 1550. The van der Waals surface area contributed by atoms with Crippen LogP contribution >= 0.6 is 0 Å². The number of hydrogen-bond donors (Lipinski definition) is 13. The van der Waals surface area contributed by atoms with Crippen LogP contribution in [0.1, 0.15) is 64.2 Å². The maximum absolute atomic E-state index is 12.7. The fourth-order valence-electron chi connectivity index (χ4n) is 10.8. The summed E-state index contributed by atoms with van der Waals surface area (Å²) in [6.07, 6.45) is -23.7. The largest absolute Gasteiger partial charge is 0.460 e. The average molecular weight is 956 g/mol. The molecular weight excluding hydrogens is 884 g/mol. The van der Waals surface area contributed by atoms with Crippen LogP contribution in [0.25, 0.3) is 0 Å². The molecule has 14 N–H and O–H groups in total. The first-order valence-electron chi connectivity index (χ1n) is 23.2. The van der Waals surface area contributed by atoms with Gasteiger partial charge in [-0.05, 0) is 57.3 Å². The molecule has 23 nitrogen and oxygen atoms in total. The molecule has 4 saturated heterocycles. The second-order valence-electron chi connectivity index (χ2n) is 19.1. The molecule has 0 amide bonds. The Balaban J connectivity index is 1.08. The number of carbonyl (C=O) groups excluding carboxylic acids is 1. The molecule has 9 unspecified atom stereocenters. The number of carbonyl (C=O) groups is 1. The lowest BCUT2D eigenvalue weighted by Crippen LogP contribution is -2.66. The van der Waals surface area contributed by atoms with E-state index < -0.39 is 167 Å². The molecule has 0 aromatic carbocycles. The van der Waals surface area contributed by atoms with E-state index in [2.05, 4.69) is 0 Å². The maximum Gasteiger partial charge on any atom is 0.330 e. The predicted octanol–water partition coefficient (Wildman–Crippen LogP) is -5.55. The van der Waals surface area contributed by atoms with Gasteiger partial charge in [-0.1, -0.05) is 6.08 Å². The van der Waals surface area contributed by atoms with Crippen molar-refractivity contribution in [1.29, 1.82) is 0 Å². The number of fused-ring (bicyclic) bond motifs is 1. The molecule has 0 aromatic rings. The van der Waals surface area contributed by atoms with E-state index in [1.54, 1.807) is 6.08 Å². The van der Waals surface area contributed by atoms with Crippen molar-refractivity contribution in [3.8, 4) is 0 Å². The highest BCUT2D eigenvalue weighted by atomic mass is 16.8. The molecule has 7 fully saturated rings. The van der Waals surface area contributed by atoms with Gasteiger partial charge in [0.05, 0.1) is 49.7 Å². The van der Waals surface area contributed by atoms with Gasteiger partial charge >= 0.3 is 5.97 Å². The van der Waals surface area contributed by atoms with Crippen molar-refractivity contribution in [3.63, 3.8) is 0 Å². The van der Waals surface area contributed by atoms with Crippen LogP contribution in [0.2, 0.25) is 0 Å². The molecule has 0 aromatic heterocycles. The fraction of sp³-hybridized carbons (Fsp3) is 0.930. The Morgan fingerprint density at radius 1 is 0.591 bits per heavy atom. The lowest BCUT2D eigenvalue weighted by atomic mass is 9.73. The van der Waals surface area contributed by atoms with E-state index in [1.807, 2.05) is 0 Å². The SMILES string of the molecule is COC1CC(C=CC(=O)OC[C@@H]2O[C@H](O[C@@H]3[C@@H](OC4CC5C(O[C@H]6O[C@@H](CO)[C@H](O)[C@@H](O)[C@@H]6O)CC(O)CC5[OH+]C4C4CCC(O)CC4)O[C@@H](CO)[C@H](O)[C@H]3O)[C@H](O)[C@H](O)[C@H]2O)CCC1O. The van der Waals surface area contributed by atoms with Crippen LogP contribution in [0.4, 0.5) is 0 Å². The fourth-order valence-corrected chi connectivity index (χ4v) is 10.8. The average Bonchev–Trinajstić information content (AvgIpc) is 3.30. The van der Waals surface area contributed by atoms with Crippen molar-refractivity contribution in [2.24, 2.45) is 17.8 Å². The summed E-state index contributed by atoms with van der Waals surface area (Å²) in [7, 11) is 1.49.